The zero-order valence-corrected chi connectivity index (χ0v) is 7.38. The van der Waals surface area contributed by atoms with Crippen LogP contribution in [0.5, 0.6) is 0 Å². The molecule has 7 N–H and O–H groups in total. The number of aliphatic hydroxyl groups is 3. The molecule has 1 fully saturated rings. The summed E-state index contributed by atoms with van der Waals surface area (Å²) in [6, 6.07) is 4.73. The molecule has 76 valence electrons. The van der Waals surface area contributed by atoms with Crippen molar-refractivity contribution in [2.24, 2.45) is 0 Å². The molecule has 0 bridgehead atoms. The highest BCUT2D eigenvalue weighted by molar-refractivity contribution is 5.64. The van der Waals surface area contributed by atoms with Crippen LogP contribution in [-0.2, 0) is 0 Å². The van der Waals surface area contributed by atoms with E-state index in [1.54, 1.807) is 12.1 Å². The molecule has 2 rings (SSSR count). The summed E-state index contributed by atoms with van der Waals surface area (Å²) in [5, 5.41) is 27.6. The molecule has 5 nitrogen and oxygen atoms in total. The Kier molecular flexibility index (Phi) is 1.72. The third-order valence-electron chi connectivity index (χ3n) is 2.57. The van der Waals surface area contributed by atoms with Crippen LogP contribution in [0.4, 0.5) is 11.4 Å². The normalized spacial score (nSPS) is 28.8. The number of hydrogen-bond donors (Lipinski definition) is 5. The summed E-state index contributed by atoms with van der Waals surface area (Å²) < 4.78 is 0. The SMILES string of the molecule is Nc1ccc(C2C(O)C2(O)O)cc1N. The Morgan fingerprint density at radius 2 is 1.71 bits per heavy atom. The van der Waals surface area contributed by atoms with Crippen molar-refractivity contribution in [3.63, 3.8) is 0 Å². The molecule has 0 heterocycles. The smallest absolute Gasteiger partial charge is 0.200 e. The number of nitrogens with two attached hydrogens (primary N) is 2. The maximum Gasteiger partial charge on any atom is 0.200 e. The number of anilines is 2. The summed E-state index contributed by atoms with van der Waals surface area (Å²) in [6.45, 7) is 0. The predicted octanol–water partition coefficient (Wildman–Crippen LogP) is -1.01. The molecule has 0 spiro atoms. The van der Waals surface area contributed by atoms with Crippen molar-refractivity contribution in [2.45, 2.75) is 17.8 Å². The van der Waals surface area contributed by atoms with E-state index in [0.717, 1.165) is 0 Å². The standard InChI is InChI=1S/C9H12N2O3/c10-5-2-1-4(3-6(5)11)7-8(12)9(7,13)14/h1-3,7-8,12-14H,10-11H2. The van der Waals surface area contributed by atoms with E-state index in [0.29, 0.717) is 16.9 Å². The number of rotatable bonds is 1. The first-order valence-corrected chi connectivity index (χ1v) is 4.22. The first kappa shape index (κ1) is 9.26. The number of benzene rings is 1. The van der Waals surface area contributed by atoms with Crippen molar-refractivity contribution in [1.82, 2.24) is 0 Å². The minimum atomic E-state index is -2.03. The number of nitrogen functional groups attached to an aromatic ring is 2. The van der Waals surface area contributed by atoms with Gasteiger partial charge in [-0.3, -0.25) is 0 Å². The predicted molar refractivity (Wildman–Crippen MR) is 51.2 cm³/mol. The Morgan fingerprint density at radius 1 is 1.14 bits per heavy atom. The maximum atomic E-state index is 9.21. The highest BCUT2D eigenvalue weighted by Gasteiger charge is 2.64. The largest absolute Gasteiger partial charge is 0.397 e. The summed E-state index contributed by atoms with van der Waals surface area (Å²) in [7, 11) is 0. The van der Waals surface area contributed by atoms with E-state index in [-0.39, 0.29) is 0 Å². The van der Waals surface area contributed by atoms with Crippen molar-refractivity contribution in [2.75, 3.05) is 11.5 Å². The van der Waals surface area contributed by atoms with Crippen LogP contribution >= 0.6 is 0 Å². The molecular formula is C9H12N2O3. The van der Waals surface area contributed by atoms with Crippen LogP contribution < -0.4 is 11.5 Å². The molecule has 1 aromatic carbocycles. The van der Waals surface area contributed by atoms with Gasteiger partial charge in [0.05, 0.1) is 17.3 Å². The van der Waals surface area contributed by atoms with E-state index >= 15 is 0 Å². The van der Waals surface area contributed by atoms with E-state index in [4.69, 9.17) is 11.5 Å². The summed E-state index contributed by atoms with van der Waals surface area (Å²) in [6.07, 6.45) is -1.15. The first-order valence-electron chi connectivity index (χ1n) is 4.22. The van der Waals surface area contributed by atoms with Gasteiger partial charge in [-0.1, -0.05) is 6.07 Å². The third kappa shape index (κ3) is 1.14. The first-order chi connectivity index (χ1) is 6.44. The fraction of sp³-hybridized carbons (Fsp3) is 0.333. The highest BCUT2D eigenvalue weighted by atomic mass is 16.5. The van der Waals surface area contributed by atoms with Crippen LogP contribution in [0.25, 0.3) is 0 Å². The lowest BCUT2D eigenvalue weighted by molar-refractivity contribution is -0.101. The third-order valence-corrected chi connectivity index (χ3v) is 2.57. The molecule has 1 aromatic rings. The molecular weight excluding hydrogens is 184 g/mol. The zero-order chi connectivity index (χ0) is 10.5. The molecule has 0 aromatic heterocycles. The van der Waals surface area contributed by atoms with Crippen LogP contribution in [0, 0.1) is 0 Å². The van der Waals surface area contributed by atoms with Gasteiger partial charge in [0.1, 0.15) is 6.10 Å². The second-order valence-electron chi connectivity index (χ2n) is 3.59. The van der Waals surface area contributed by atoms with Crippen molar-refractivity contribution < 1.29 is 15.3 Å². The minimum absolute atomic E-state index is 0.373. The van der Waals surface area contributed by atoms with Crippen molar-refractivity contribution in [3.8, 4) is 0 Å². The fourth-order valence-electron chi connectivity index (χ4n) is 1.56. The molecule has 0 amide bonds. The average molecular weight is 196 g/mol. The minimum Gasteiger partial charge on any atom is -0.397 e. The lowest BCUT2D eigenvalue weighted by Gasteiger charge is -2.04. The van der Waals surface area contributed by atoms with Crippen LogP contribution in [-0.4, -0.2) is 27.2 Å². The quantitative estimate of drug-likeness (QED) is 0.292. The Labute approximate surface area is 80.6 Å². The second-order valence-corrected chi connectivity index (χ2v) is 3.59. The van der Waals surface area contributed by atoms with Gasteiger partial charge in [-0.25, -0.2) is 0 Å². The highest BCUT2D eigenvalue weighted by Crippen LogP contribution is 2.49. The van der Waals surface area contributed by atoms with E-state index in [1.807, 2.05) is 0 Å². The van der Waals surface area contributed by atoms with Gasteiger partial charge in [0.2, 0.25) is 0 Å². The maximum absolute atomic E-state index is 9.21. The summed E-state index contributed by atoms with van der Waals surface area (Å²) in [5.41, 5.74) is 12.4. The van der Waals surface area contributed by atoms with Gasteiger partial charge in [0.25, 0.3) is 0 Å². The molecule has 14 heavy (non-hydrogen) atoms. The van der Waals surface area contributed by atoms with Gasteiger partial charge < -0.3 is 26.8 Å². The van der Waals surface area contributed by atoms with Gasteiger partial charge >= 0.3 is 0 Å². The van der Waals surface area contributed by atoms with Gasteiger partial charge in [0.15, 0.2) is 5.79 Å². The monoisotopic (exact) mass is 196 g/mol. The Bertz CT molecular complexity index is 378. The number of aliphatic hydroxyl groups excluding tert-OH is 1. The summed E-state index contributed by atoms with van der Waals surface area (Å²) >= 11 is 0. The van der Waals surface area contributed by atoms with Crippen molar-refractivity contribution >= 4 is 11.4 Å². The average Bonchev–Trinajstić information content (AvgIpc) is 2.58. The fourth-order valence-corrected chi connectivity index (χ4v) is 1.56. The molecule has 2 atom stereocenters. The molecule has 0 aliphatic heterocycles. The zero-order valence-electron chi connectivity index (χ0n) is 7.38. The molecule has 0 radical (unpaired) electrons. The molecule has 0 saturated heterocycles. The Hall–Kier alpha value is -1.30. The van der Waals surface area contributed by atoms with Gasteiger partial charge in [0, 0.05) is 0 Å². The molecule has 1 aliphatic rings. The summed E-state index contributed by atoms with van der Waals surface area (Å²) in [4.78, 5) is 0. The Morgan fingerprint density at radius 3 is 2.14 bits per heavy atom. The number of hydrogen-bond acceptors (Lipinski definition) is 5. The molecule has 1 aliphatic carbocycles. The lowest BCUT2D eigenvalue weighted by atomic mass is 10.1. The van der Waals surface area contributed by atoms with Gasteiger partial charge in [-0.05, 0) is 17.7 Å². The Balaban J connectivity index is 2.32. The molecule has 2 unspecified atom stereocenters. The second kappa shape index (κ2) is 2.60. The van der Waals surface area contributed by atoms with Crippen LogP contribution in [0.1, 0.15) is 11.5 Å². The van der Waals surface area contributed by atoms with E-state index in [9.17, 15) is 15.3 Å². The van der Waals surface area contributed by atoms with Gasteiger partial charge in [-0.15, -0.1) is 0 Å². The van der Waals surface area contributed by atoms with E-state index in [1.165, 1.54) is 6.07 Å². The lowest BCUT2D eigenvalue weighted by Crippen LogP contribution is -2.12. The summed E-state index contributed by atoms with van der Waals surface area (Å²) in [5.74, 6) is -2.71. The van der Waals surface area contributed by atoms with Crippen LogP contribution in [0.2, 0.25) is 0 Å². The molecule has 5 heteroatoms. The van der Waals surface area contributed by atoms with Crippen molar-refractivity contribution in [1.29, 1.82) is 0 Å². The van der Waals surface area contributed by atoms with E-state index in [2.05, 4.69) is 0 Å². The van der Waals surface area contributed by atoms with Crippen LogP contribution in [0.3, 0.4) is 0 Å². The topological polar surface area (TPSA) is 113 Å². The van der Waals surface area contributed by atoms with Crippen LogP contribution in [0.15, 0.2) is 18.2 Å². The molecule has 1 saturated carbocycles. The van der Waals surface area contributed by atoms with Crippen molar-refractivity contribution in [3.05, 3.63) is 23.8 Å². The van der Waals surface area contributed by atoms with Gasteiger partial charge in [-0.2, -0.15) is 0 Å². The van der Waals surface area contributed by atoms with E-state index < -0.39 is 17.8 Å².